The summed E-state index contributed by atoms with van der Waals surface area (Å²) in [5.74, 6) is 1.11. The summed E-state index contributed by atoms with van der Waals surface area (Å²) in [6.45, 7) is 0.901. The second-order valence-electron chi connectivity index (χ2n) is 7.19. The van der Waals surface area contributed by atoms with E-state index in [0.29, 0.717) is 30.6 Å². The number of rotatable bonds is 6. The number of nitro groups is 1. The van der Waals surface area contributed by atoms with E-state index in [9.17, 15) is 14.9 Å². The summed E-state index contributed by atoms with van der Waals surface area (Å²) in [4.78, 5) is 23.0. The number of nitro benzene ring substituents is 1. The molecule has 7 heteroatoms. The summed E-state index contributed by atoms with van der Waals surface area (Å²) in [6.07, 6.45) is 5.29. The van der Waals surface area contributed by atoms with Crippen LogP contribution >= 0.6 is 0 Å². The molecule has 2 bridgehead atoms. The predicted octanol–water partition coefficient (Wildman–Crippen LogP) is 2.28. The average Bonchev–Trinajstić information content (AvgIpc) is 2.58. The van der Waals surface area contributed by atoms with Crippen LogP contribution in [0.4, 0.5) is 11.4 Å². The number of hydrogen-bond acceptors (Lipinski definition) is 5. The van der Waals surface area contributed by atoms with Crippen LogP contribution in [0, 0.1) is 27.9 Å². The van der Waals surface area contributed by atoms with Crippen LogP contribution in [-0.4, -0.2) is 30.0 Å². The highest BCUT2D eigenvalue weighted by Crippen LogP contribution is 2.41. The first-order valence-electron chi connectivity index (χ1n) is 9.07. The van der Waals surface area contributed by atoms with Gasteiger partial charge in [0.15, 0.2) is 0 Å². The number of hydrogen-bond donors (Lipinski definition) is 3. The molecule has 3 rings (SSSR count). The number of nitrogens with one attached hydrogen (secondary N) is 2. The van der Waals surface area contributed by atoms with E-state index in [1.54, 1.807) is 18.2 Å². The van der Waals surface area contributed by atoms with E-state index >= 15 is 0 Å². The van der Waals surface area contributed by atoms with Gasteiger partial charge in [0, 0.05) is 31.1 Å². The maximum absolute atomic E-state index is 12.4. The zero-order valence-corrected chi connectivity index (χ0v) is 14.3. The molecule has 1 aromatic carbocycles. The Kier molecular flexibility index (Phi) is 5.53. The van der Waals surface area contributed by atoms with Gasteiger partial charge in [0.05, 0.1) is 4.92 Å². The molecular weight excluding hydrogens is 320 g/mol. The van der Waals surface area contributed by atoms with E-state index < -0.39 is 4.92 Å². The van der Waals surface area contributed by atoms with Crippen molar-refractivity contribution in [1.82, 2.24) is 5.32 Å². The lowest BCUT2D eigenvalue weighted by Gasteiger charge is -2.43. The Bertz CT molecular complexity index is 623. The quantitative estimate of drug-likeness (QED) is 0.416. The average molecular weight is 346 g/mol. The van der Waals surface area contributed by atoms with E-state index in [2.05, 4.69) is 10.6 Å². The fourth-order valence-corrected chi connectivity index (χ4v) is 4.31. The smallest absolute Gasteiger partial charge is 0.292 e. The number of benzene rings is 1. The molecule has 0 heterocycles. The lowest BCUT2D eigenvalue weighted by atomic mass is 9.65. The van der Waals surface area contributed by atoms with Gasteiger partial charge in [-0.15, -0.1) is 0 Å². The molecule has 0 spiro atoms. The molecule has 2 atom stereocenters. The molecule has 2 fully saturated rings. The minimum absolute atomic E-state index is 0.0444. The molecule has 1 amide bonds. The largest absolute Gasteiger partial charge is 0.378 e. The van der Waals surface area contributed by atoms with Crippen molar-refractivity contribution in [2.24, 2.45) is 23.5 Å². The van der Waals surface area contributed by atoms with Gasteiger partial charge in [-0.25, -0.2) is 0 Å². The summed E-state index contributed by atoms with van der Waals surface area (Å²) >= 11 is 0. The van der Waals surface area contributed by atoms with E-state index in [4.69, 9.17) is 5.73 Å². The molecule has 1 aromatic rings. The Morgan fingerprint density at radius 1 is 1.20 bits per heavy atom. The van der Waals surface area contributed by atoms with Gasteiger partial charge in [0.1, 0.15) is 5.69 Å². The van der Waals surface area contributed by atoms with Crippen LogP contribution in [-0.2, 0) is 4.79 Å². The molecule has 136 valence electrons. The topological polar surface area (TPSA) is 110 Å². The molecule has 2 aliphatic carbocycles. The summed E-state index contributed by atoms with van der Waals surface area (Å²) in [5.41, 5.74) is 6.79. The third-order valence-electron chi connectivity index (χ3n) is 5.62. The third-order valence-corrected chi connectivity index (χ3v) is 5.62. The first-order chi connectivity index (χ1) is 12.1. The molecule has 25 heavy (non-hydrogen) atoms. The van der Waals surface area contributed by atoms with Crippen LogP contribution in [0.1, 0.15) is 32.1 Å². The van der Waals surface area contributed by atoms with Gasteiger partial charge in [-0.2, -0.15) is 0 Å². The van der Waals surface area contributed by atoms with Crippen molar-refractivity contribution < 1.29 is 9.72 Å². The van der Waals surface area contributed by atoms with Gasteiger partial charge in [0.2, 0.25) is 5.91 Å². The first kappa shape index (κ1) is 17.7. The lowest BCUT2D eigenvalue weighted by Crippen LogP contribution is -2.49. The van der Waals surface area contributed by atoms with Crippen molar-refractivity contribution >= 4 is 17.3 Å². The Balaban J connectivity index is 1.45. The summed E-state index contributed by atoms with van der Waals surface area (Å²) < 4.78 is 0. The number of amides is 1. The maximum Gasteiger partial charge on any atom is 0.292 e. The Morgan fingerprint density at radius 3 is 2.56 bits per heavy atom. The Hall–Kier alpha value is -2.15. The molecular formula is C18H26N4O3. The molecule has 0 aliphatic heterocycles. The number of para-hydroxylation sites is 2. The van der Waals surface area contributed by atoms with Crippen molar-refractivity contribution in [2.75, 3.05) is 18.4 Å². The number of nitrogens with two attached hydrogens (primary N) is 1. The normalized spacial score (nSPS) is 28.2. The molecule has 2 unspecified atom stereocenters. The third kappa shape index (κ3) is 4.10. The second-order valence-corrected chi connectivity index (χ2v) is 7.19. The van der Waals surface area contributed by atoms with Gasteiger partial charge in [-0.05, 0) is 43.6 Å². The van der Waals surface area contributed by atoms with Crippen LogP contribution in [0.15, 0.2) is 24.3 Å². The molecule has 0 aromatic heterocycles. The highest BCUT2D eigenvalue weighted by atomic mass is 16.6. The van der Waals surface area contributed by atoms with Crippen LogP contribution in [0.25, 0.3) is 0 Å². The monoisotopic (exact) mass is 346 g/mol. The summed E-state index contributed by atoms with van der Waals surface area (Å²) in [6, 6.07) is 6.78. The zero-order chi connectivity index (χ0) is 17.8. The van der Waals surface area contributed by atoms with E-state index in [1.807, 2.05) is 0 Å². The second kappa shape index (κ2) is 7.82. The molecule has 2 aliphatic rings. The molecule has 0 radical (unpaired) electrons. The van der Waals surface area contributed by atoms with Gasteiger partial charge >= 0.3 is 0 Å². The SMILES string of the molecule is NC1C2CCCC1CC(C(=O)NCCNc1ccccc1[N+](=O)[O-])C2. The number of anilines is 1. The van der Waals surface area contributed by atoms with Gasteiger partial charge in [-0.1, -0.05) is 18.6 Å². The molecule has 0 saturated heterocycles. The molecule has 4 N–H and O–H groups in total. The Labute approximate surface area is 147 Å². The van der Waals surface area contributed by atoms with Crippen molar-refractivity contribution in [1.29, 1.82) is 0 Å². The Morgan fingerprint density at radius 2 is 1.88 bits per heavy atom. The zero-order valence-electron chi connectivity index (χ0n) is 14.3. The highest BCUT2D eigenvalue weighted by molar-refractivity contribution is 5.78. The minimum atomic E-state index is -0.412. The van der Waals surface area contributed by atoms with Crippen molar-refractivity contribution in [3.8, 4) is 0 Å². The number of nitrogens with zero attached hydrogens (tertiary/aromatic N) is 1. The van der Waals surface area contributed by atoms with Crippen LogP contribution in [0.5, 0.6) is 0 Å². The molecule has 2 saturated carbocycles. The van der Waals surface area contributed by atoms with Crippen LogP contribution in [0.3, 0.4) is 0 Å². The lowest BCUT2D eigenvalue weighted by molar-refractivity contribution is -0.384. The maximum atomic E-state index is 12.4. The van der Waals surface area contributed by atoms with E-state index in [0.717, 1.165) is 25.7 Å². The molecule has 7 nitrogen and oxygen atoms in total. The van der Waals surface area contributed by atoms with Gasteiger partial charge in [-0.3, -0.25) is 14.9 Å². The van der Waals surface area contributed by atoms with Crippen molar-refractivity contribution in [2.45, 2.75) is 38.1 Å². The fourth-order valence-electron chi connectivity index (χ4n) is 4.31. The van der Waals surface area contributed by atoms with E-state index in [-0.39, 0.29) is 23.6 Å². The summed E-state index contributed by atoms with van der Waals surface area (Å²) in [7, 11) is 0. The van der Waals surface area contributed by atoms with Gasteiger partial charge in [0.25, 0.3) is 5.69 Å². The first-order valence-corrected chi connectivity index (χ1v) is 9.07. The highest BCUT2D eigenvalue weighted by Gasteiger charge is 2.40. The number of fused-ring (bicyclic) bond motifs is 2. The van der Waals surface area contributed by atoms with Crippen molar-refractivity contribution in [3.63, 3.8) is 0 Å². The standard InChI is InChI=1S/C18H26N4O3/c19-17-12-4-3-5-13(17)11-14(10-12)18(23)21-9-8-20-15-6-1-2-7-16(15)22(24)25/h1-2,6-7,12-14,17,20H,3-5,8-11,19H2,(H,21,23). The van der Waals surface area contributed by atoms with Crippen LogP contribution in [0.2, 0.25) is 0 Å². The number of carbonyl (C=O) groups excluding carboxylic acids is 1. The van der Waals surface area contributed by atoms with E-state index in [1.165, 1.54) is 12.5 Å². The van der Waals surface area contributed by atoms with Gasteiger partial charge < -0.3 is 16.4 Å². The fraction of sp³-hybridized carbons (Fsp3) is 0.611. The van der Waals surface area contributed by atoms with Crippen molar-refractivity contribution in [3.05, 3.63) is 34.4 Å². The minimum Gasteiger partial charge on any atom is -0.378 e. The van der Waals surface area contributed by atoms with Crippen LogP contribution < -0.4 is 16.4 Å². The predicted molar refractivity (Wildman–Crippen MR) is 96.1 cm³/mol. The summed E-state index contributed by atoms with van der Waals surface area (Å²) in [5, 5.41) is 17.0. The number of carbonyl (C=O) groups is 1.